The van der Waals surface area contributed by atoms with Gasteiger partial charge in [0.25, 0.3) is 40.2 Å². The van der Waals surface area contributed by atoms with E-state index < -0.39 is 57.4 Å². The zero-order chi connectivity index (χ0) is 96.2. The number of nitrogens with one attached hydrogen (secondary N) is 5. The first-order chi connectivity index (χ1) is 64.1. The predicted octanol–water partition coefficient (Wildman–Crippen LogP) is 5.96. The van der Waals surface area contributed by atoms with Crippen molar-refractivity contribution in [2.45, 2.75) is 121 Å². The number of benzene rings is 4. The maximum Gasteiger partial charge on any atom is 0.290 e. The summed E-state index contributed by atoms with van der Waals surface area (Å²) in [6.45, 7) is 25.8. The highest BCUT2D eigenvalue weighted by Crippen LogP contribution is 2.40. The van der Waals surface area contributed by atoms with Gasteiger partial charge in [-0.05, 0) is 135 Å². The van der Waals surface area contributed by atoms with Crippen LogP contribution < -0.4 is 68.5 Å². The second-order valence-corrected chi connectivity index (χ2v) is 34.1. The summed E-state index contributed by atoms with van der Waals surface area (Å²) in [6.07, 6.45) is 9.14. The van der Waals surface area contributed by atoms with Crippen LogP contribution in [0.5, 0.6) is 23.0 Å². The Labute approximate surface area is 767 Å². The molecule has 4 aromatic carbocycles. The van der Waals surface area contributed by atoms with Crippen LogP contribution in [-0.2, 0) is 80.9 Å². The van der Waals surface area contributed by atoms with Gasteiger partial charge in [-0.15, -0.1) is 0 Å². The molecule has 12 aromatic rings. The fraction of sp³-hybridized carbons (Fsp3) is 0.398. The number of nitrogens with two attached hydrogens (primary N) is 4. The van der Waals surface area contributed by atoms with Gasteiger partial charge in [0, 0.05) is 125 Å². The summed E-state index contributed by atoms with van der Waals surface area (Å²) >= 11 is 0. The first kappa shape index (κ1) is 96.8. The summed E-state index contributed by atoms with van der Waals surface area (Å²) in [4.78, 5) is 134. The molecule has 16 rings (SSSR count). The van der Waals surface area contributed by atoms with Crippen molar-refractivity contribution in [2.24, 2.45) is 33.8 Å². The van der Waals surface area contributed by atoms with E-state index in [2.05, 4.69) is 61.8 Å². The topological polar surface area (TPSA) is 583 Å². The summed E-state index contributed by atoms with van der Waals surface area (Å²) < 4.78 is 75.4. The van der Waals surface area contributed by atoms with Gasteiger partial charge in [-0.25, -0.2) is 19.9 Å². The van der Waals surface area contributed by atoms with Gasteiger partial charge in [0.1, 0.15) is 67.8 Å². The maximum atomic E-state index is 13.8. The molecule has 8 amide bonds. The number of primary amides is 4. The normalized spacial score (nSPS) is 14.1. The number of hydrogen-bond acceptors (Lipinski definition) is 28. The van der Waals surface area contributed by atoms with Gasteiger partial charge in [-0.2, -0.15) is 28.8 Å². The largest absolute Gasteiger partial charge is 0.494 e. The molecule has 4 aliphatic rings. The van der Waals surface area contributed by atoms with Crippen molar-refractivity contribution >= 4 is 132 Å². The lowest BCUT2D eigenvalue weighted by molar-refractivity contribution is -0.189. The second kappa shape index (κ2) is 41.8. The van der Waals surface area contributed by atoms with E-state index in [1.165, 1.54) is 57.6 Å². The van der Waals surface area contributed by atoms with Crippen molar-refractivity contribution in [1.29, 1.82) is 0 Å². The van der Waals surface area contributed by atoms with E-state index in [0.29, 0.717) is 139 Å². The number of imidazole rings is 4. The summed E-state index contributed by atoms with van der Waals surface area (Å²) in [7, 11) is -0.775. The molecule has 134 heavy (non-hydrogen) atoms. The van der Waals surface area contributed by atoms with Crippen molar-refractivity contribution < 1.29 is 89.3 Å². The highest BCUT2D eigenvalue weighted by atomic mass is 32.2. The fourth-order valence-electron chi connectivity index (χ4n) is 16.0. The SMILES string of the molecule is C1NCC12COC2.CCn1nc(C)cc1C(=O)Nc1nc2cc(C(N)=O)cc(OC)c2n1C/C=C/Cn1c(NC(=O)c2cc(C)nn2CC)nc2cc(C(N)=O)cc(OCCCN3CC4(COC4)C3)c21.CCn1nc(C)cc1C(=O)Nc1nc2cc(C(N)=O)cc(OC)c2n1C/C=C/Cn1c(NC(=O)c2cc(C)nn2CC)nc2cc(C(N)=O)cc(OCCCOS(C)(=O)=O)c21.O=CO. The number of rotatable bonds is 37. The van der Waals surface area contributed by atoms with E-state index in [1.54, 1.807) is 112 Å². The number of aryl methyl sites for hydroxylation is 8. The molecule has 0 atom stereocenters. The molecule has 0 saturated carbocycles. The van der Waals surface area contributed by atoms with E-state index in [1.807, 2.05) is 46.8 Å². The quantitative estimate of drug-likeness (QED) is 0.00929. The average molecular weight is 1870 g/mol. The molecule has 2 spiro atoms. The van der Waals surface area contributed by atoms with Crippen LogP contribution in [0, 0.1) is 38.5 Å². The highest BCUT2D eigenvalue weighted by Gasteiger charge is 2.48. The molecule has 0 unspecified atom stereocenters. The number of anilines is 4. The zero-order valence-corrected chi connectivity index (χ0v) is 76.8. The lowest BCUT2D eigenvalue weighted by atomic mass is 9.78. The van der Waals surface area contributed by atoms with E-state index in [4.69, 9.17) is 75.4 Å². The number of hydrogen-bond donors (Lipinski definition) is 10. The molecular weight excluding hydrogens is 1760 g/mol. The zero-order valence-electron chi connectivity index (χ0n) is 76.0. The van der Waals surface area contributed by atoms with Gasteiger partial charge in [-0.3, -0.25) is 87.3 Å². The third-order valence-electron chi connectivity index (χ3n) is 22.4. The molecule has 0 radical (unpaired) electrons. The highest BCUT2D eigenvalue weighted by molar-refractivity contribution is 7.86. The van der Waals surface area contributed by atoms with Gasteiger partial charge >= 0.3 is 0 Å². The Bertz CT molecular complexity index is 6650. The smallest absolute Gasteiger partial charge is 0.290 e. The van der Waals surface area contributed by atoms with Crippen molar-refractivity contribution in [3.63, 3.8) is 0 Å². The summed E-state index contributed by atoms with van der Waals surface area (Å²) in [5.41, 5.74) is 31.5. The van der Waals surface area contributed by atoms with E-state index >= 15 is 0 Å². The maximum absolute atomic E-state index is 13.8. The molecule has 8 aromatic heterocycles. The predicted molar refractivity (Wildman–Crippen MR) is 492 cm³/mol. The number of carboxylic acid groups (broad SMARTS) is 1. The van der Waals surface area contributed by atoms with Crippen molar-refractivity contribution in [3.05, 3.63) is 165 Å². The second-order valence-electron chi connectivity index (χ2n) is 32.5. The van der Waals surface area contributed by atoms with Crippen LogP contribution >= 0.6 is 0 Å². The van der Waals surface area contributed by atoms with E-state index in [-0.39, 0.29) is 115 Å². The Kier molecular flexibility index (Phi) is 30.2. The minimum atomic E-state index is -3.68. The van der Waals surface area contributed by atoms with Crippen molar-refractivity contribution in [1.82, 2.24) is 87.5 Å². The standard InChI is InChI=1S/C43H51N13O7.C39H46N12O9S.C5H9NO.CH2O2/c1-6-55-31(15-25(3)50-55)39(59)48-41-46-29-17-27(37(44)57)19-33(61-5)35(29)53(41)12-8-9-13-54-36-30(47-42(54)49-40(60)32-16-26(4)51-56(32)7-2)18-28(38(45)58)20-34(36)63-14-10-11-52-21-43(22-52)23-62-24-43;1-7-50-28(16-22(3)46-50)36(54)44-38-42-26-18-24(34(40)52)20-30(58-5)32(26)48(38)12-9-10-13-49-33-27(43-39(49)45-37(55)29-17-23(4)47-51(29)8-2)19-25(35(41)53)21-31(33)59-14-11-15-60-61(6,56)57;1-5(2-6-1)3-7-4-5;2-1-3/h8-9,15-20H,6-7,10-14,21-24H2,1-5H3,(H2,44,57)(H2,45,58)(H,46,48,59)(H,47,49,60);9-10,16-21H,7-8,11-15H2,1-6H3,(H2,40,52)(H2,41,53)(H,42,44,54)(H,43,45,55);6H,1-4H2;1H,(H,2,3)/b9-8+;10-9+;;. The molecule has 0 aliphatic carbocycles. The lowest BCUT2D eigenvalue weighted by Crippen LogP contribution is -2.65. The van der Waals surface area contributed by atoms with Gasteiger partial charge < -0.3 is 84.9 Å². The molecule has 4 fully saturated rings. The minimum Gasteiger partial charge on any atom is -0.494 e. The van der Waals surface area contributed by atoms with Crippen LogP contribution in [0.1, 0.15) is 147 Å². The first-order valence-corrected chi connectivity index (χ1v) is 44.9. The third kappa shape index (κ3) is 21.9. The van der Waals surface area contributed by atoms with Crippen molar-refractivity contribution in [3.8, 4) is 23.0 Å². The Hall–Kier alpha value is -14.7. The molecule has 4 aliphatic heterocycles. The molecule has 45 nitrogen and oxygen atoms in total. The number of carbonyl (C=O) groups excluding carboxylic acids is 8. The monoisotopic (exact) mass is 1860 g/mol. The fourth-order valence-corrected chi connectivity index (χ4v) is 16.4. The molecule has 0 bridgehead atoms. The van der Waals surface area contributed by atoms with Crippen molar-refractivity contribution in [2.75, 3.05) is 121 Å². The first-order valence-electron chi connectivity index (χ1n) is 43.1. The van der Waals surface area contributed by atoms with Gasteiger partial charge in [0.05, 0.1) is 112 Å². The molecule has 12 heterocycles. The van der Waals surface area contributed by atoms with Crippen LogP contribution in [-0.4, -0.2) is 249 Å². The van der Waals surface area contributed by atoms with Crippen LogP contribution in [0.4, 0.5) is 23.8 Å². The molecule has 46 heteroatoms. The van der Waals surface area contributed by atoms with Gasteiger partial charge in [0.15, 0.2) is 0 Å². The van der Waals surface area contributed by atoms with Gasteiger partial charge in [0.2, 0.25) is 47.4 Å². The van der Waals surface area contributed by atoms with Gasteiger partial charge in [-0.1, -0.05) is 24.3 Å². The number of carbonyl (C=O) groups is 9. The number of allylic oxidation sites excluding steroid dienone is 4. The third-order valence-corrected chi connectivity index (χ3v) is 23.0. The molecule has 710 valence electrons. The van der Waals surface area contributed by atoms with E-state index in [9.17, 15) is 46.8 Å². The number of likely N-dealkylation sites (tertiary alicyclic amines) is 1. The van der Waals surface area contributed by atoms with E-state index in [0.717, 1.165) is 58.7 Å². The number of fused-ring (bicyclic) bond motifs is 4. The number of methoxy groups -OCH3 is 2. The van der Waals surface area contributed by atoms with Crippen LogP contribution in [0.25, 0.3) is 44.1 Å². The number of amides is 8. The Morgan fingerprint density at radius 1 is 0.448 bits per heavy atom. The van der Waals surface area contributed by atoms with Crippen LogP contribution in [0.2, 0.25) is 0 Å². The Morgan fingerprint density at radius 2 is 0.731 bits per heavy atom. The number of ether oxygens (including phenoxy) is 6. The summed E-state index contributed by atoms with van der Waals surface area (Å²) in [5.74, 6) is -2.78. The molecular formula is C88H108N26O19S. The van der Waals surface area contributed by atoms with Crippen LogP contribution in [0.15, 0.2) is 97.1 Å². The summed E-state index contributed by atoms with van der Waals surface area (Å²) in [6, 6.07) is 18.8. The summed E-state index contributed by atoms with van der Waals surface area (Å²) in [5, 5.41) is 39.4. The number of nitrogens with zero attached hydrogens (tertiary/aromatic N) is 17. The minimum absolute atomic E-state index is 0.00930. The molecule has 14 N–H and O–H groups in total. The number of aromatic nitrogens is 16. The Morgan fingerprint density at radius 3 is 0.970 bits per heavy atom. The average Bonchev–Trinajstić information content (AvgIpc) is 1.34. The van der Waals surface area contributed by atoms with Crippen LogP contribution in [0.3, 0.4) is 0 Å². The lowest BCUT2D eigenvalue weighted by Gasteiger charge is -2.55. The molecule has 4 saturated heterocycles. The Balaban J connectivity index is 0.000000205.